The Morgan fingerprint density at radius 2 is 1.54 bits per heavy atom. The average molecular weight is 392 g/mol. The number of esters is 1. The first-order valence-corrected chi connectivity index (χ1v) is 10.1. The lowest BCUT2D eigenvalue weighted by molar-refractivity contribution is -0.133. The molecule has 1 aliphatic heterocycles. The van der Waals surface area contributed by atoms with E-state index in [1.165, 1.54) is 11.3 Å². The summed E-state index contributed by atoms with van der Waals surface area (Å²) in [6.07, 6.45) is 2.01. The van der Waals surface area contributed by atoms with Crippen LogP contribution in [0.3, 0.4) is 0 Å². The second kappa shape index (κ2) is 8.35. The van der Waals surface area contributed by atoms with Gasteiger partial charge in [-0.05, 0) is 12.8 Å². The van der Waals surface area contributed by atoms with Crippen molar-refractivity contribution < 1.29 is 14.3 Å². The first-order valence-electron chi connectivity index (χ1n) is 9.29. The van der Waals surface area contributed by atoms with Crippen LogP contribution in [0.1, 0.15) is 22.5 Å². The summed E-state index contributed by atoms with van der Waals surface area (Å²) >= 11 is 1.29. The van der Waals surface area contributed by atoms with Crippen LogP contribution in [0.5, 0.6) is 0 Å². The molecule has 6 heteroatoms. The Hall–Kier alpha value is -2.99. The van der Waals surface area contributed by atoms with Crippen LogP contribution in [0.25, 0.3) is 21.8 Å². The molecule has 2 aromatic carbocycles. The SMILES string of the molecule is O=C(OCC(=O)N1CCCC1)c1sc(-c2ccccc2)nc1-c1ccccc1. The zero-order valence-electron chi connectivity index (χ0n) is 15.3. The van der Waals surface area contributed by atoms with Gasteiger partial charge in [-0.1, -0.05) is 60.7 Å². The molecule has 28 heavy (non-hydrogen) atoms. The monoisotopic (exact) mass is 392 g/mol. The highest BCUT2D eigenvalue weighted by molar-refractivity contribution is 7.17. The third-order valence-electron chi connectivity index (χ3n) is 4.67. The number of hydrogen-bond donors (Lipinski definition) is 0. The molecule has 1 amide bonds. The Bertz CT molecular complexity index is 964. The first-order chi connectivity index (χ1) is 13.7. The van der Waals surface area contributed by atoms with E-state index in [0.717, 1.165) is 42.1 Å². The van der Waals surface area contributed by atoms with Crippen LogP contribution in [0.2, 0.25) is 0 Å². The molecule has 0 atom stereocenters. The highest BCUT2D eigenvalue weighted by Gasteiger charge is 2.24. The number of likely N-dealkylation sites (tertiary alicyclic amines) is 1. The van der Waals surface area contributed by atoms with Crippen molar-refractivity contribution in [2.45, 2.75) is 12.8 Å². The van der Waals surface area contributed by atoms with E-state index in [0.29, 0.717) is 10.6 Å². The quantitative estimate of drug-likeness (QED) is 0.609. The van der Waals surface area contributed by atoms with Crippen LogP contribution < -0.4 is 0 Å². The Kier molecular flexibility index (Phi) is 5.48. The van der Waals surface area contributed by atoms with E-state index in [4.69, 9.17) is 9.72 Å². The second-order valence-electron chi connectivity index (χ2n) is 6.59. The standard InChI is InChI=1S/C22H20N2O3S/c25-18(24-13-7-8-14-24)15-27-22(26)20-19(16-9-3-1-4-10-16)23-21(28-20)17-11-5-2-6-12-17/h1-6,9-12H,7-8,13-15H2. The van der Waals surface area contributed by atoms with Crippen LogP contribution in [0.15, 0.2) is 60.7 Å². The molecule has 0 spiro atoms. The van der Waals surface area contributed by atoms with Gasteiger partial charge in [-0.25, -0.2) is 9.78 Å². The van der Waals surface area contributed by atoms with Crippen molar-refractivity contribution in [2.24, 2.45) is 0 Å². The van der Waals surface area contributed by atoms with E-state index in [1.54, 1.807) is 4.90 Å². The van der Waals surface area contributed by atoms with Gasteiger partial charge in [-0.15, -0.1) is 11.3 Å². The minimum absolute atomic E-state index is 0.139. The topological polar surface area (TPSA) is 59.5 Å². The minimum Gasteiger partial charge on any atom is -0.451 e. The van der Waals surface area contributed by atoms with Crippen LogP contribution in [0, 0.1) is 0 Å². The normalized spacial score (nSPS) is 13.5. The summed E-state index contributed by atoms with van der Waals surface area (Å²) in [6, 6.07) is 19.3. The number of aromatic nitrogens is 1. The molecule has 0 N–H and O–H groups in total. The highest BCUT2D eigenvalue weighted by atomic mass is 32.1. The predicted octanol–water partition coefficient (Wildman–Crippen LogP) is 4.26. The summed E-state index contributed by atoms with van der Waals surface area (Å²) in [6.45, 7) is 1.25. The fraction of sp³-hybridized carbons (Fsp3) is 0.227. The largest absolute Gasteiger partial charge is 0.451 e. The first kappa shape index (κ1) is 18.4. The predicted molar refractivity (Wildman–Crippen MR) is 109 cm³/mol. The van der Waals surface area contributed by atoms with Gasteiger partial charge in [0.2, 0.25) is 0 Å². The molecule has 5 nitrogen and oxygen atoms in total. The maximum atomic E-state index is 12.8. The van der Waals surface area contributed by atoms with Crippen LogP contribution >= 0.6 is 11.3 Å². The molecule has 1 aromatic heterocycles. The molecule has 142 valence electrons. The van der Waals surface area contributed by atoms with Gasteiger partial charge in [-0.3, -0.25) is 4.79 Å². The molecule has 1 aliphatic rings. The third-order valence-corrected chi connectivity index (χ3v) is 5.75. The van der Waals surface area contributed by atoms with Crippen LogP contribution in [0.4, 0.5) is 0 Å². The molecule has 0 saturated carbocycles. The molecule has 1 fully saturated rings. The maximum Gasteiger partial charge on any atom is 0.351 e. The maximum absolute atomic E-state index is 12.8. The van der Waals surface area contributed by atoms with Crippen molar-refractivity contribution in [2.75, 3.05) is 19.7 Å². The molecule has 2 heterocycles. The summed E-state index contributed by atoms with van der Waals surface area (Å²) in [5, 5.41) is 0.747. The fourth-order valence-corrected chi connectivity index (χ4v) is 4.19. The molecule has 1 saturated heterocycles. The summed E-state index contributed by atoms with van der Waals surface area (Å²) in [5.41, 5.74) is 2.37. The van der Waals surface area contributed by atoms with E-state index in [9.17, 15) is 9.59 Å². The fourth-order valence-electron chi connectivity index (χ4n) is 3.21. The Morgan fingerprint density at radius 3 is 2.18 bits per heavy atom. The smallest absolute Gasteiger partial charge is 0.351 e. The molecule has 4 rings (SSSR count). The molecule has 3 aromatic rings. The average Bonchev–Trinajstić information content (AvgIpc) is 3.43. The molecular formula is C22H20N2O3S. The number of ether oxygens (including phenoxy) is 1. The van der Waals surface area contributed by atoms with E-state index in [-0.39, 0.29) is 12.5 Å². The number of nitrogens with zero attached hydrogens (tertiary/aromatic N) is 2. The van der Waals surface area contributed by atoms with E-state index < -0.39 is 5.97 Å². The summed E-state index contributed by atoms with van der Waals surface area (Å²) in [5.74, 6) is -0.647. The number of benzene rings is 2. The number of rotatable bonds is 5. The molecule has 0 bridgehead atoms. The van der Waals surface area contributed by atoms with Gasteiger partial charge in [0.05, 0.1) is 5.69 Å². The van der Waals surface area contributed by atoms with Crippen molar-refractivity contribution >= 4 is 23.2 Å². The zero-order valence-corrected chi connectivity index (χ0v) is 16.2. The summed E-state index contributed by atoms with van der Waals surface area (Å²) < 4.78 is 5.35. The van der Waals surface area contributed by atoms with Crippen molar-refractivity contribution in [3.05, 3.63) is 65.5 Å². The number of thiazole rings is 1. The zero-order chi connectivity index (χ0) is 19.3. The Labute approximate surface area is 167 Å². The number of carbonyl (C=O) groups excluding carboxylic acids is 2. The van der Waals surface area contributed by atoms with Gasteiger partial charge >= 0.3 is 5.97 Å². The van der Waals surface area contributed by atoms with Gasteiger partial charge in [-0.2, -0.15) is 0 Å². The van der Waals surface area contributed by atoms with Crippen LogP contribution in [-0.2, 0) is 9.53 Å². The summed E-state index contributed by atoms with van der Waals surface area (Å²) in [7, 11) is 0. The van der Waals surface area contributed by atoms with Crippen molar-refractivity contribution in [1.82, 2.24) is 9.88 Å². The lowest BCUT2D eigenvalue weighted by Crippen LogP contribution is -2.32. The van der Waals surface area contributed by atoms with E-state index >= 15 is 0 Å². The molecule has 0 unspecified atom stereocenters. The van der Waals surface area contributed by atoms with Gasteiger partial charge in [0.25, 0.3) is 5.91 Å². The highest BCUT2D eigenvalue weighted by Crippen LogP contribution is 2.34. The molecule has 0 radical (unpaired) electrons. The minimum atomic E-state index is -0.508. The lowest BCUT2D eigenvalue weighted by atomic mass is 10.1. The number of amides is 1. The summed E-state index contributed by atoms with van der Waals surface area (Å²) in [4.78, 5) is 31.8. The third kappa shape index (κ3) is 3.97. The Morgan fingerprint density at radius 1 is 0.929 bits per heavy atom. The number of carbonyl (C=O) groups is 2. The van der Waals surface area contributed by atoms with Crippen LogP contribution in [-0.4, -0.2) is 41.5 Å². The Balaban J connectivity index is 1.60. The molecular weight excluding hydrogens is 372 g/mol. The number of hydrogen-bond acceptors (Lipinski definition) is 5. The second-order valence-corrected chi connectivity index (χ2v) is 7.59. The van der Waals surface area contributed by atoms with Crippen molar-refractivity contribution in [3.63, 3.8) is 0 Å². The van der Waals surface area contributed by atoms with E-state index in [1.807, 2.05) is 60.7 Å². The van der Waals surface area contributed by atoms with E-state index in [2.05, 4.69) is 0 Å². The van der Waals surface area contributed by atoms with Crippen molar-refractivity contribution in [1.29, 1.82) is 0 Å². The lowest BCUT2D eigenvalue weighted by Gasteiger charge is -2.14. The molecule has 0 aliphatic carbocycles. The van der Waals surface area contributed by atoms with Gasteiger partial charge in [0, 0.05) is 24.2 Å². The van der Waals surface area contributed by atoms with Crippen molar-refractivity contribution in [3.8, 4) is 21.8 Å². The van der Waals surface area contributed by atoms with Gasteiger partial charge < -0.3 is 9.64 Å². The van der Waals surface area contributed by atoms with Gasteiger partial charge in [0.1, 0.15) is 9.88 Å². The van der Waals surface area contributed by atoms with Gasteiger partial charge in [0.15, 0.2) is 6.61 Å².